The molecule has 0 saturated carbocycles. The van der Waals surface area contributed by atoms with Gasteiger partial charge < -0.3 is 16.0 Å². The van der Waals surface area contributed by atoms with Crippen LogP contribution in [-0.4, -0.2) is 37.6 Å². The molecular formula is C11H23N3O. The van der Waals surface area contributed by atoms with E-state index in [9.17, 15) is 4.79 Å². The first kappa shape index (κ1) is 12.5. The Morgan fingerprint density at radius 1 is 1.53 bits per heavy atom. The van der Waals surface area contributed by atoms with Gasteiger partial charge in [-0.05, 0) is 33.2 Å². The van der Waals surface area contributed by atoms with E-state index in [2.05, 4.69) is 16.0 Å². The fourth-order valence-corrected chi connectivity index (χ4v) is 1.80. The quantitative estimate of drug-likeness (QED) is 0.554. The Labute approximate surface area is 92.2 Å². The van der Waals surface area contributed by atoms with E-state index in [1.165, 1.54) is 12.8 Å². The summed E-state index contributed by atoms with van der Waals surface area (Å²) in [4.78, 5) is 11.3. The van der Waals surface area contributed by atoms with Crippen LogP contribution in [0.25, 0.3) is 0 Å². The van der Waals surface area contributed by atoms with Crippen molar-refractivity contribution in [1.82, 2.24) is 16.0 Å². The van der Waals surface area contributed by atoms with Crippen LogP contribution in [0.15, 0.2) is 0 Å². The van der Waals surface area contributed by atoms with E-state index in [0.717, 1.165) is 19.6 Å². The lowest BCUT2D eigenvalue weighted by Crippen LogP contribution is -2.37. The van der Waals surface area contributed by atoms with Crippen LogP contribution in [0, 0.1) is 0 Å². The van der Waals surface area contributed by atoms with E-state index >= 15 is 0 Å². The first-order chi connectivity index (χ1) is 7.18. The maximum atomic E-state index is 11.3. The highest BCUT2D eigenvalue weighted by molar-refractivity contribution is 5.76. The van der Waals surface area contributed by atoms with Crippen LogP contribution < -0.4 is 16.0 Å². The van der Waals surface area contributed by atoms with E-state index in [1.54, 1.807) is 0 Å². The second-order valence-electron chi connectivity index (χ2n) is 4.47. The number of hydrogen-bond donors (Lipinski definition) is 3. The molecule has 4 heteroatoms. The third-order valence-electron chi connectivity index (χ3n) is 2.53. The Morgan fingerprint density at radius 3 is 2.93 bits per heavy atom. The molecule has 1 saturated heterocycles. The molecule has 0 spiro atoms. The highest BCUT2D eigenvalue weighted by atomic mass is 16.1. The van der Waals surface area contributed by atoms with Crippen molar-refractivity contribution in [2.45, 2.75) is 45.2 Å². The predicted octanol–water partition coefficient (Wildman–Crippen LogP) is 0.243. The van der Waals surface area contributed by atoms with Crippen molar-refractivity contribution < 1.29 is 4.79 Å². The average molecular weight is 213 g/mol. The SMILES string of the molecule is CC(C)NC(=O)CCNCC1CCCN1. The molecule has 1 rings (SSSR count). The van der Waals surface area contributed by atoms with Gasteiger partial charge in [0.1, 0.15) is 0 Å². The molecule has 0 aromatic rings. The zero-order valence-electron chi connectivity index (χ0n) is 9.81. The van der Waals surface area contributed by atoms with Gasteiger partial charge in [0.15, 0.2) is 0 Å². The predicted molar refractivity (Wildman–Crippen MR) is 61.8 cm³/mol. The number of carbonyl (C=O) groups is 1. The first-order valence-corrected chi connectivity index (χ1v) is 5.92. The highest BCUT2D eigenvalue weighted by Gasteiger charge is 2.12. The largest absolute Gasteiger partial charge is 0.354 e. The Hall–Kier alpha value is -0.610. The third kappa shape index (κ3) is 5.74. The van der Waals surface area contributed by atoms with E-state index < -0.39 is 0 Å². The van der Waals surface area contributed by atoms with Crippen LogP contribution in [0.3, 0.4) is 0 Å². The van der Waals surface area contributed by atoms with Gasteiger partial charge in [0.2, 0.25) is 5.91 Å². The van der Waals surface area contributed by atoms with Gasteiger partial charge in [0.25, 0.3) is 0 Å². The minimum atomic E-state index is 0.136. The maximum absolute atomic E-state index is 11.3. The summed E-state index contributed by atoms with van der Waals surface area (Å²) in [5.74, 6) is 0.136. The molecule has 1 aliphatic heterocycles. The summed E-state index contributed by atoms with van der Waals surface area (Å²) >= 11 is 0. The Morgan fingerprint density at radius 2 is 2.33 bits per heavy atom. The second kappa shape index (κ2) is 6.80. The fourth-order valence-electron chi connectivity index (χ4n) is 1.80. The fraction of sp³-hybridized carbons (Fsp3) is 0.909. The standard InChI is InChI=1S/C11H23N3O/c1-9(2)14-11(15)5-7-12-8-10-4-3-6-13-10/h9-10,12-13H,3-8H2,1-2H3,(H,14,15). The topological polar surface area (TPSA) is 53.2 Å². The summed E-state index contributed by atoms with van der Waals surface area (Å²) in [6.07, 6.45) is 3.11. The average Bonchev–Trinajstić information content (AvgIpc) is 2.63. The van der Waals surface area contributed by atoms with Gasteiger partial charge in [-0.25, -0.2) is 0 Å². The zero-order chi connectivity index (χ0) is 11.1. The van der Waals surface area contributed by atoms with Crippen LogP contribution in [-0.2, 0) is 4.79 Å². The summed E-state index contributed by atoms with van der Waals surface area (Å²) in [6, 6.07) is 0.854. The lowest BCUT2D eigenvalue weighted by atomic mass is 10.2. The molecule has 15 heavy (non-hydrogen) atoms. The van der Waals surface area contributed by atoms with Crippen LogP contribution in [0.1, 0.15) is 33.1 Å². The molecule has 1 amide bonds. The summed E-state index contributed by atoms with van der Waals surface area (Å²) in [6.45, 7) is 6.85. The second-order valence-corrected chi connectivity index (χ2v) is 4.47. The Kier molecular flexibility index (Phi) is 5.65. The summed E-state index contributed by atoms with van der Waals surface area (Å²) < 4.78 is 0. The maximum Gasteiger partial charge on any atom is 0.221 e. The van der Waals surface area contributed by atoms with Crippen LogP contribution in [0.2, 0.25) is 0 Å². The van der Waals surface area contributed by atoms with Crippen molar-refractivity contribution >= 4 is 5.91 Å². The molecular weight excluding hydrogens is 190 g/mol. The molecule has 88 valence electrons. The smallest absolute Gasteiger partial charge is 0.221 e. The lowest BCUT2D eigenvalue weighted by molar-refractivity contribution is -0.121. The van der Waals surface area contributed by atoms with Crippen molar-refractivity contribution in [2.75, 3.05) is 19.6 Å². The molecule has 0 radical (unpaired) electrons. The molecule has 0 aromatic heterocycles. The van der Waals surface area contributed by atoms with Crippen molar-refractivity contribution in [3.8, 4) is 0 Å². The zero-order valence-corrected chi connectivity index (χ0v) is 9.81. The van der Waals surface area contributed by atoms with Gasteiger partial charge in [-0.3, -0.25) is 4.79 Å². The molecule has 1 atom stereocenters. The molecule has 1 aliphatic rings. The third-order valence-corrected chi connectivity index (χ3v) is 2.53. The van der Waals surface area contributed by atoms with Crippen molar-refractivity contribution in [3.05, 3.63) is 0 Å². The molecule has 1 fully saturated rings. The van der Waals surface area contributed by atoms with Gasteiger partial charge in [-0.15, -0.1) is 0 Å². The monoisotopic (exact) mass is 213 g/mol. The van der Waals surface area contributed by atoms with Gasteiger partial charge in [-0.1, -0.05) is 0 Å². The van der Waals surface area contributed by atoms with E-state index in [0.29, 0.717) is 12.5 Å². The lowest BCUT2D eigenvalue weighted by Gasteiger charge is -2.12. The first-order valence-electron chi connectivity index (χ1n) is 5.92. The molecule has 0 aliphatic carbocycles. The molecule has 4 nitrogen and oxygen atoms in total. The van der Waals surface area contributed by atoms with Gasteiger partial charge in [-0.2, -0.15) is 0 Å². The van der Waals surface area contributed by atoms with Crippen LogP contribution >= 0.6 is 0 Å². The molecule has 3 N–H and O–H groups in total. The van der Waals surface area contributed by atoms with Crippen molar-refractivity contribution in [2.24, 2.45) is 0 Å². The van der Waals surface area contributed by atoms with Crippen LogP contribution in [0.4, 0.5) is 0 Å². The van der Waals surface area contributed by atoms with E-state index in [1.807, 2.05) is 13.8 Å². The van der Waals surface area contributed by atoms with Gasteiger partial charge >= 0.3 is 0 Å². The number of carbonyl (C=O) groups excluding carboxylic acids is 1. The molecule has 0 bridgehead atoms. The number of rotatable bonds is 6. The Balaban J connectivity index is 1.94. The minimum Gasteiger partial charge on any atom is -0.354 e. The van der Waals surface area contributed by atoms with Gasteiger partial charge in [0.05, 0.1) is 0 Å². The van der Waals surface area contributed by atoms with Crippen molar-refractivity contribution in [1.29, 1.82) is 0 Å². The van der Waals surface area contributed by atoms with E-state index in [-0.39, 0.29) is 11.9 Å². The summed E-state index contributed by atoms with van der Waals surface area (Å²) in [5, 5.41) is 9.60. The molecule has 1 heterocycles. The normalized spacial score (nSPS) is 20.9. The minimum absolute atomic E-state index is 0.136. The summed E-state index contributed by atoms with van der Waals surface area (Å²) in [5.41, 5.74) is 0. The summed E-state index contributed by atoms with van der Waals surface area (Å²) in [7, 11) is 0. The number of nitrogens with one attached hydrogen (secondary N) is 3. The number of hydrogen-bond acceptors (Lipinski definition) is 3. The molecule has 0 aromatic carbocycles. The van der Waals surface area contributed by atoms with E-state index in [4.69, 9.17) is 0 Å². The molecule has 1 unspecified atom stereocenters. The van der Waals surface area contributed by atoms with Gasteiger partial charge in [0, 0.05) is 31.6 Å². The highest BCUT2D eigenvalue weighted by Crippen LogP contribution is 2.02. The van der Waals surface area contributed by atoms with Crippen LogP contribution in [0.5, 0.6) is 0 Å². The van der Waals surface area contributed by atoms with Crippen molar-refractivity contribution in [3.63, 3.8) is 0 Å². The Bertz CT molecular complexity index is 188. The number of amides is 1.